The summed E-state index contributed by atoms with van der Waals surface area (Å²) >= 11 is 1.41. The normalized spacial score (nSPS) is 12.9. The fourth-order valence-corrected chi connectivity index (χ4v) is 1.26. The minimum absolute atomic E-state index is 0.438. The Morgan fingerprint density at radius 3 is 3.10 bits per heavy atom. The molecule has 4 heteroatoms. The van der Waals surface area contributed by atoms with E-state index in [0.717, 1.165) is 11.2 Å². The molecule has 0 aliphatic carbocycles. The van der Waals surface area contributed by atoms with E-state index in [9.17, 15) is 4.79 Å². The van der Waals surface area contributed by atoms with E-state index in [0.29, 0.717) is 0 Å². The summed E-state index contributed by atoms with van der Waals surface area (Å²) in [6.07, 6.45) is 1.95. The Balaban J connectivity index is 2.73. The van der Waals surface area contributed by atoms with Gasteiger partial charge in [-0.3, -0.25) is 4.98 Å². The summed E-state index contributed by atoms with van der Waals surface area (Å²) in [7, 11) is 1.50. The van der Waals surface area contributed by atoms with E-state index in [1.165, 1.54) is 18.4 Å². The van der Waals surface area contributed by atoms with Gasteiger partial charge in [-0.05, 0) is 0 Å². The predicted molar refractivity (Wildman–Crippen MR) is 37.9 cm³/mol. The van der Waals surface area contributed by atoms with Crippen LogP contribution in [0.5, 0.6) is 0 Å². The number of aldehydes is 1. The Kier molecular flexibility index (Phi) is 2.53. The van der Waals surface area contributed by atoms with Crippen LogP contribution in [0.4, 0.5) is 0 Å². The molecule has 0 fully saturated rings. The Bertz CT molecular complexity index is 198. The molecule has 0 aromatic carbocycles. The van der Waals surface area contributed by atoms with Gasteiger partial charge in [-0.2, -0.15) is 0 Å². The van der Waals surface area contributed by atoms with Crippen molar-refractivity contribution in [1.82, 2.24) is 4.98 Å². The lowest BCUT2D eigenvalue weighted by molar-refractivity contribution is -0.116. The molecule has 0 saturated heterocycles. The second-order valence-electron chi connectivity index (χ2n) is 1.70. The summed E-state index contributed by atoms with van der Waals surface area (Å²) in [5.74, 6) is 0. The lowest BCUT2D eigenvalue weighted by Gasteiger charge is -2.01. The minimum Gasteiger partial charge on any atom is -0.368 e. The lowest BCUT2D eigenvalue weighted by atomic mass is 10.3. The van der Waals surface area contributed by atoms with Crippen LogP contribution in [0.2, 0.25) is 0 Å². The Morgan fingerprint density at radius 2 is 2.70 bits per heavy atom. The highest BCUT2D eigenvalue weighted by molar-refractivity contribution is 7.09. The van der Waals surface area contributed by atoms with Gasteiger partial charge in [-0.1, -0.05) is 0 Å². The summed E-state index contributed by atoms with van der Waals surface area (Å²) in [6, 6.07) is 0. The first kappa shape index (κ1) is 7.37. The van der Waals surface area contributed by atoms with Crippen molar-refractivity contribution in [3.8, 4) is 0 Å². The number of aromatic nitrogens is 1. The second kappa shape index (κ2) is 3.43. The molecule has 0 bridgehead atoms. The number of carbonyl (C=O) groups is 1. The molecule has 0 N–H and O–H groups in total. The summed E-state index contributed by atoms with van der Waals surface area (Å²) in [5, 5.41) is 0. The largest absolute Gasteiger partial charge is 0.368 e. The minimum atomic E-state index is -0.438. The van der Waals surface area contributed by atoms with Gasteiger partial charge in [-0.25, -0.2) is 0 Å². The second-order valence-corrected chi connectivity index (χ2v) is 2.61. The lowest BCUT2D eigenvalue weighted by Crippen LogP contribution is -1.99. The van der Waals surface area contributed by atoms with Crippen molar-refractivity contribution in [2.24, 2.45) is 0 Å². The molecular formula is C6H7NO2S. The fraction of sp³-hybridized carbons (Fsp3) is 0.333. The van der Waals surface area contributed by atoms with Crippen LogP contribution in [-0.2, 0) is 9.53 Å². The van der Waals surface area contributed by atoms with Crippen molar-refractivity contribution < 1.29 is 9.53 Å². The molecular weight excluding hydrogens is 150 g/mol. The molecule has 1 aromatic heterocycles. The zero-order valence-corrected chi connectivity index (χ0v) is 6.30. The van der Waals surface area contributed by atoms with Gasteiger partial charge < -0.3 is 9.53 Å². The number of methoxy groups -OCH3 is 1. The quantitative estimate of drug-likeness (QED) is 0.615. The highest BCUT2D eigenvalue weighted by Gasteiger charge is 2.08. The number of nitrogens with zero attached hydrogens (tertiary/aromatic N) is 1. The first-order valence-electron chi connectivity index (χ1n) is 2.75. The number of ether oxygens (including phenoxy) is 1. The van der Waals surface area contributed by atoms with Crippen LogP contribution in [0, 0.1) is 0 Å². The third kappa shape index (κ3) is 1.40. The van der Waals surface area contributed by atoms with Crippen molar-refractivity contribution in [3.63, 3.8) is 0 Å². The maximum absolute atomic E-state index is 10.3. The molecule has 0 aliphatic heterocycles. The molecule has 0 radical (unpaired) electrons. The number of thiazole rings is 1. The standard InChI is InChI=1S/C6H7NO2S/c1-9-5(3-8)6-2-7-4-10-6/h2-5H,1H3. The molecule has 1 rings (SSSR count). The van der Waals surface area contributed by atoms with Crippen molar-refractivity contribution in [1.29, 1.82) is 0 Å². The van der Waals surface area contributed by atoms with E-state index in [2.05, 4.69) is 4.98 Å². The Hall–Kier alpha value is -0.740. The third-order valence-electron chi connectivity index (χ3n) is 1.11. The zero-order chi connectivity index (χ0) is 7.40. The van der Waals surface area contributed by atoms with Crippen molar-refractivity contribution in [3.05, 3.63) is 16.6 Å². The molecule has 1 heterocycles. The molecule has 0 saturated carbocycles. The van der Waals surface area contributed by atoms with E-state index < -0.39 is 6.10 Å². The summed E-state index contributed by atoms with van der Waals surface area (Å²) in [4.78, 5) is 15.0. The maximum atomic E-state index is 10.3. The highest BCUT2D eigenvalue weighted by Crippen LogP contribution is 2.17. The highest BCUT2D eigenvalue weighted by atomic mass is 32.1. The summed E-state index contributed by atoms with van der Waals surface area (Å²) in [5.41, 5.74) is 1.67. The topological polar surface area (TPSA) is 39.2 Å². The first-order chi connectivity index (χ1) is 4.88. The maximum Gasteiger partial charge on any atom is 0.154 e. The third-order valence-corrected chi connectivity index (χ3v) is 1.95. The van der Waals surface area contributed by atoms with Crippen LogP contribution < -0.4 is 0 Å². The van der Waals surface area contributed by atoms with Crippen molar-refractivity contribution in [2.75, 3.05) is 7.11 Å². The fourth-order valence-electron chi connectivity index (χ4n) is 0.605. The number of carbonyl (C=O) groups excluding carboxylic acids is 1. The monoisotopic (exact) mass is 157 g/mol. The zero-order valence-electron chi connectivity index (χ0n) is 5.48. The van der Waals surface area contributed by atoms with Gasteiger partial charge in [0.2, 0.25) is 0 Å². The van der Waals surface area contributed by atoms with Crippen LogP contribution in [-0.4, -0.2) is 18.4 Å². The predicted octanol–water partition coefficient (Wildman–Crippen LogP) is 1.03. The SMILES string of the molecule is COC(C=O)c1cncs1. The van der Waals surface area contributed by atoms with Gasteiger partial charge in [0.1, 0.15) is 6.10 Å². The molecule has 0 aliphatic rings. The molecule has 3 nitrogen and oxygen atoms in total. The Morgan fingerprint density at radius 1 is 1.90 bits per heavy atom. The van der Waals surface area contributed by atoms with E-state index in [1.54, 1.807) is 11.7 Å². The Labute approximate surface area is 62.7 Å². The molecule has 1 aromatic rings. The van der Waals surface area contributed by atoms with E-state index >= 15 is 0 Å². The van der Waals surface area contributed by atoms with Crippen LogP contribution >= 0.6 is 11.3 Å². The molecule has 0 amide bonds. The number of hydrogen-bond donors (Lipinski definition) is 0. The molecule has 54 valence electrons. The van der Waals surface area contributed by atoms with E-state index in [4.69, 9.17) is 4.74 Å². The van der Waals surface area contributed by atoms with E-state index in [-0.39, 0.29) is 0 Å². The van der Waals surface area contributed by atoms with Crippen LogP contribution in [0.1, 0.15) is 11.0 Å². The summed E-state index contributed by atoms with van der Waals surface area (Å²) < 4.78 is 4.85. The van der Waals surface area contributed by atoms with Gasteiger partial charge in [-0.15, -0.1) is 11.3 Å². The molecule has 10 heavy (non-hydrogen) atoms. The number of hydrogen-bond acceptors (Lipinski definition) is 4. The average molecular weight is 157 g/mol. The van der Waals surface area contributed by atoms with Crippen LogP contribution in [0.25, 0.3) is 0 Å². The molecule has 0 spiro atoms. The average Bonchev–Trinajstić information content (AvgIpc) is 2.43. The van der Waals surface area contributed by atoms with Gasteiger partial charge in [0, 0.05) is 13.3 Å². The van der Waals surface area contributed by atoms with Crippen LogP contribution in [0.3, 0.4) is 0 Å². The first-order valence-corrected chi connectivity index (χ1v) is 3.63. The van der Waals surface area contributed by atoms with Gasteiger partial charge in [0.25, 0.3) is 0 Å². The smallest absolute Gasteiger partial charge is 0.154 e. The molecule has 1 atom stereocenters. The van der Waals surface area contributed by atoms with Gasteiger partial charge in [0.15, 0.2) is 6.29 Å². The van der Waals surface area contributed by atoms with Crippen molar-refractivity contribution >= 4 is 17.6 Å². The van der Waals surface area contributed by atoms with Gasteiger partial charge in [0.05, 0.1) is 10.4 Å². The van der Waals surface area contributed by atoms with Gasteiger partial charge >= 0.3 is 0 Å². The van der Waals surface area contributed by atoms with Crippen molar-refractivity contribution in [2.45, 2.75) is 6.10 Å². The summed E-state index contributed by atoms with van der Waals surface area (Å²) in [6.45, 7) is 0. The van der Waals surface area contributed by atoms with Crippen LogP contribution in [0.15, 0.2) is 11.7 Å². The van der Waals surface area contributed by atoms with E-state index in [1.807, 2.05) is 0 Å². The molecule has 1 unspecified atom stereocenters. The number of rotatable bonds is 3.